The molecule has 0 aliphatic heterocycles. The van der Waals surface area contributed by atoms with Crippen LogP contribution in [-0.4, -0.2) is 30.7 Å². The molecule has 5 heteroatoms. The fraction of sp³-hybridized carbons (Fsp3) is 0.800. The minimum atomic E-state index is -1.14. The van der Waals surface area contributed by atoms with Gasteiger partial charge in [0.25, 0.3) is 0 Å². The maximum atomic E-state index is 12.4. The minimum absolute atomic E-state index is 0.0179. The molecule has 0 saturated heterocycles. The van der Waals surface area contributed by atoms with Crippen molar-refractivity contribution in [3.63, 3.8) is 0 Å². The summed E-state index contributed by atoms with van der Waals surface area (Å²) < 4.78 is 5.05. The number of rotatable bonds is 5. The number of nitrogens with two attached hydrogens (primary N) is 1. The van der Waals surface area contributed by atoms with Crippen LogP contribution in [0.1, 0.15) is 51.9 Å². The van der Waals surface area contributed by atoms with Crippen molar-refractivity contribution in [1.29, 1.82) is 0 Å². The predicted octanol–water partition coefficient (Wildman–Crippen LogP) is 1.38. The molecular formula is C15H23NO4. The van der Waals surface area contributed by atoms with E-state index >= 15 is 0 Å². The number of ketones is 2. The van der Waals surface area contributed by atoms with Crippen LogP contribution in [0.2, 0.25) is 0 Å². The van der Waals surface area contributed by atoms with Crippen molar-refractivity contribution in [3.05, 3.63) is 0 Å². The summed E-state index contributed by atoms with van der Waals surface area (Å²) in [5.74, 6) is -0.470. The molecule has 0 radical (unpaired) electrons. The van der Waals surface area contributed by atoms with Gasteiger partial charge in [0.15, 0.2) is 0 Å². The Balaban J connectivity index is 2.38. The maximum Gasteiger partial charge on any atom is 0.306 e. The van der Waals surface area contributed by atoms with Gasteiger partial charge in [-0.1, -0.05) is 12.8 Å². The van der Waals surface area contributed by atoms with Crippen molar-refractivity contribution < 1.29 is 19.1 Å². The Morgan fingerprint density at radius 3 is 2.20 bits per heavy atom. The molecule has 0 atom stereocenters. The Kier molecular flexibility index (Phi) is 4.28. The summed E-state index contributed by atoms with van der Waals surface area (Å²) in [5.41, 5.74) is 4.12. The van der Waals surface area contributed by atoms with Gasteiger partial charge in [0.05, 0.1) is 13.0 Å². The van der Waals surface area contributed by atoms with E-state index in [-0.39, 0.29) is 43.3 Å². The summed E-state index contributed by atoms with van der Waals surface area (Å²) in [6.45, 7) is 2.08. The third-order valence-electron chi connectivity index (χ3n) is 5.09. The highest BCUT2D eigenvalue weighted by atomic mass is 16.5. The summed E-state index contributed by atoms with van der Waals surface area (Å²) in [4.78, 5) is 36.8. The first-order valence-electron chi connectivity index (χ1n) is 7.45. The lowest BCUT2D eigenvalue weighted by atomic mass is 9.58. The van der Waals surface area contributed by atoms with E-state index in [9.17, 15) is 14.4 Å². The minimum Gasteiger partial charge on any atom is -0.466 e. The molecule has 2 saturated carbocycles. The molecule has 5 nitrogen and oxygen atoms in total. The Morgan fingerprint density at radius 2 is 1.75 bits per heavy atom. The molecule has 2 N–H and O–H groups in total. The molecule has 2 rings (SSSR count). The highest BCUT2D eigenvalue weighted by molar-refractivity contribution is 6.14. The van der Waals surface area contributed by atoms with Crippen LogP contribution in [0.25, 0.3) is 0 Å². The number of carbonyl (C=O) groups is 3. The van der Waals surface area contributed by atoms with E-state index in [0.717, 1.165) is 12.8 Å². The van der Waals surface area contributed by atoms with Crippen LogP contribution >= 0.6 is 0 Å². The second-order valence-electron chi connectivity index (χ2n) is 5.93. The van der Waals surface area contributed by atoms with Gasteiger partial charge < -0.3 is 10.5 Å². The van der Waals surface area contributed by atoms with Gasteiger partial charge in [0.1, 0.15) is 17.0 Å². The SMILES string of the molecule is CCOC(=O)CC1(C2(CN)C(=O)CCC2=O)CCCC1. The van der Waals surface area contributed by atoms with Crippen molar-refractivity contribution in [2.75, 3.05) is 13.2 Å². The van der Waals surface area contributed by atoms with E-state index in [1.54, 1.807) is 6.92 Å². The summed E-state index contributed by atoms with van der Waals surface area (Å²) >= 11 is 0. The molecule has 0 aromatic rings. The van der Waals surface area contributed by atoms with E-state index in [2.05, 4.69) is 0 Å². The van der Waals surface area contributed by atoms with E-state index in [1.165, 1.54) is 0 Å². The maximum absolute atomic E-state index is 12.4. The molecule has 2 aliphatic carbocycles. The molecule has 0 aromatic heterocycles. The molecule has 0 aromatic carbocycles. The fourth-order valence-electron chi connectivity index (χ4n) is 4.14. The zero-order valence-corrected chi connectivity index (χ0v) is 12.1. The van der Waals surface area contributed by atoms with E-state index in [1.807, 2.05) is 0 Å². The molecule has 2 aliphatic rings. The molecule has 0 unspecified atom stereocenters. The number of hydrogen-bond acceptors (Lipinski definition) is 5. The van der Waals surface area contributed by atoms with Gasteiger partial charge in [-0.05, 0) is 19.8 Å². The molecule has 112 valence electrons. The third-order valence-corrected chi connectivity index (χ3v) is 5.09. The van der Waals surface area contributed by atoms with Crippen LogP contribution in [0.4, 0.5) is 0 Å². The number of hydrogen-bond donors (Lipinski definition) is 1. The Bertz CT molecular complexity index is 408. The largest absolute Gasteiger partial charge is 0.466 e. The average molecular weight is 281 g/mol. The van der Waals surface area contributed by atoms with Crippen molar-refractivity contribution in [2.45, 2.75) is 51.9 Å². The Labute approximate surface area is 119 Å². The van der Waals surface area contributed by atoms with Crippen LogP contribution in [0.3, 0.4) is 0 Å². The topological polar surface area (TPSA) is 86.5 Å². The zero-order valence-electron chi connectivity index (χ0n) is 12.1. The van der Waals surface area contributed by atoms with Gasteiger partial charge >= 0.3 is 5.97 Å². The molecular weight excluding hydrogens is 258 g/mol. The first-order chi connectivity index (χ1) is 9.52. The van der Waals surface area contributed by atoms with Crippen molar-refractivity contribution >= 4 is 17.5 Å². The summed E-state index contributed by atoms with van der Waals surface area (Å²) in [5, 5.41) is 0. The van der Waals surface area contributed by atoms with Crippen LogP contribution < -0.4 is 5.73 Å². The molecule has 2 fully saturated rings. The van der Waals surface area contributed by atoms with Gasteiger partial charge in [-0.15, -0.1) is 0 Å². The van der Waals surface area contributed by atoms with E-state index in [4.69, 9.17) is 10.5 Å². The van der Waals surface area contributed by atoms with Crippen LogP contribution in [-0.2, 0) is 19.1 Å². The standard InChI is InChI=1S/C15H23NO4/c1-2-20-13(19)9-14(7-3-4-8-14)15(10-16)11(17)5-6-12(15)18/h2-10,16H2,1H3. The normalized spacial score (nSPS) is 24.1. The second kappa shape index (κ2) is 5.64. The van der Waals surface area contributed by atoms with Crippen LogP contribution in [0.15, 0.2) is 0 Å². The van der Waals surface area contributed by atoms with Crippen molar-refractivity contribution in [2.24, 2.45) is 16.6 Å². The highest BCUT2D eigenvalue weighted by Crippen LogP contribution is 2.57. The summed E-state index contributed by atoms with van der Waals surface area (Å²) in [7, 11) is 0. The molecule has 0 bridgehead atoms. The first-order valence-corrected chi connectivity index (χ1v) is 7.45. The van der Waals surface area contributed by atoms with E-state index < -0.39 is 10.8 Å². The highest BCUT2D eigenvalue weighted by Gasteiger charge is 2.63. The molecule has 0 amide bonds. The summed E-state index contributed by atoms with van der Waals surface area (Å²) in [6, 6.07) is 0. The van der Waals surface area contributed by atoms with Gasteiger partial charge in [-0.25, -0.2) is 0 Å². The smallest absolute Gasteiger partial charge is 0.306 e. The first kappa shape index (κ1) is 15.2. The lowest BCUT2D eigenvalue weighted by molar-refractivity contribution is -0.153. The van der Waals surface area contributed by atoms with Crippen LogP contribution in [0.5, 0.6) is 0 Å². The molecule has 0 heterocycles. The Hall–Kier alpha value is -1.23. The van der Waals surface area contributed by atoms with E-state index in [0.29, 0.717) is 19.4 Å². The zero-order chi connectivity index (χ0) is 14.8. The van der Waals surface area contributed by atoms with Crippen molar-refractivity contribution in [3.8, 4) is 0 Å². The fourth-order valence-corrected chi connectivity index (χ4v) is 4.14. The Morgan fingerprint density at radius 1 is 1.20 bits per heavy atom. The quantitative estimate of drug-likeness (QED) is 0.607. The number of carbonyl (C=O) groups excluding carboxylic acids is 3. The second-order valence-corrected chi connectivity index (χ2v) is 5.93. The van der Waals surface area contributed by atoms with Gasteiger partial charge in [0.2, 0.25) is 0 Å². The number of esters is 1. The van der Waals surface area contributed by atoms with Crippen molar-refractivity contribution in [1.82, 2.24) is 0 Å². The number of ether oxygens (including phenoxy) is 1. The lowest BCUT2D eigenvalue weighted by Gasteiger charge is -2.43. The summed E-state index contributed by atoms with van der Waals surface area (Å²) in [6.07, 6.45) is 3.95. The average Bonchev–Trinajstić information content (AvgIpc) is 2.97. The third kappa shape index (κ3) is 2.08. The molecule has 0 spiro atoms. The number of Topliss-reactive ketones (excluding diaryl/α,β-unsaturated/α-hetero) is 2. The van der Waals surface area contributed by atoms with Gasteiger partial charge in [-0.3, -0.25) is 14.4 Å². The monoisotopic (exact) mass is 281 g/mol. The van der Waals surface area contributed by atoms with Crippen LogP contribution in [0, 0.1) is 10.8 Å². The predicted molar refractivity (Wildman–Crippen MR) is 72.9 cm³/mol. The molecule has 20 heavy (non-hydrogen) atoms. The van der Waals surface area contributed by atoms with Gasteiger partial charge in [0, 0.05) is 24.8 Å². The van der Waals surface area contributed by atoms with Gasteiger partial charge in [-0.2, -0.15) is 0 Å². The lowest BCUT2D eigenvalue weighted by Crippen LogP contribution is -2.54.